The maximum Gasteiger partial charge on any atom is 0.260 e. The SMILES string of the molecule is CCNCc1ccc(OC(C)C(=O)NCC)c(F)c1. The molecule has 1 atom stereocenters. The summed E-state index contributed by atoms with van der Waals surface area (Å²) in [6, 6.07) is 4.76. The summed E-state index contributed by atoms with van der Waals surface area (Å²) < 4.78 is 19.1. The Balaban J connectivity index is 2.66. The van der Waals surface area contributed by atoms with E-state index in [4.69, 9.17) is 4.74 Å². The molecule has 0 heterocycles. The number of amides is 1. The van der Waals surface area contributed by atoms with E-state index in [2.05, 4.69) is 10.6 Å². The van der Waals surface area contributed by atoms with Crippen LogP contribution >= 0.6 is 0 Å². The highest BCUT2D eigenvalue weighted by Gasteiger charge is 2.15. The van der Waals surface area contributed by atoms with Crippen LogP contribution in [0.3, 0.4) is 0 Å². The first-order valence-electron chi connectivity index (χ1n) is 6.52. The highest BCUT2D eigenvalue weighted by Crippen LogP contribution is 2.19. The average Bonchev–Trinajstić information content (AvgIpc) is 2.39. The number of carbonyl (C=O) groups excluding carboxylic acids is 1. The third-order valence-corrected chi connectivity index (χ3v) is 2.60. The number of hydrogen-bond donors (Lipinski definition) is 2. The van der Waals surface area contributed by atoms with Crippen LogP contribution in [0.15, 0.2) is 18.2 Å². The monoisotopic (exact) mass is 268 g/mol. The van der Waals surface area contributed by atoms with Crippen molar-refractivity contribution >= 4 is 5.91 Å². The van der Waals surface area contributed by atoms with Gasteiger partial charge in [0.15, 0.2) is 17.7 Å². The van der Waals surface area contributed by atoms with E-state index in [1.165, 1.54) is 6.07 Å². The van der Waals surface area contributed by atoms with E-state index >= 15 is 0 Å². The Labute approximate surface area is 113 Å². The number of carbonyl (C=O) groups is 1. The number of benzene rings is 1. The van der Waals surface area contributed by atoms with Crippen molar-refractivity contribution in [2.24, 2.45) is 0 Å². The maximum atomic E-state index is 13.8. The van der Waals surface area contributed by atoms with Crippen LogP contribution in [0.25, 0.3) is 0 Å². The van der Waals surface area contributed by atoms with Crippen molar-refractivity contribution < 1.29 is 13.9 Å². The second-order valence-corrected chi connectivity index (χ2v) is 4.20. The van der Waals surface area contributed by atoms with Crippen LogP contribution in [0.2, 0.25) is 0 Å². The zero-order chi connectivity index (χ0) is 14.3. The standard InChI is InChI=1S/C14H21FN2O2/c1-4-16-9-11-6-7-13(12(15)8-11)19-10(3)14(18)17-5-2/h6-8,10,16H,4-5,9H2,1-3H3,(H,17,18). The Morgan fingerprint density at radius 1 is 1.37 bits per heavy atom. The first-order valence-corrected chi connectivity index (χ1v) is 6.52. The molecule has 0 fully saturated rings. The van der Waals surface area contributed by atoms with Crippen LogP contribution < -0.4 is 15.4 Å². The predicted octanol–water partition coefficient (Wildman–Crippen LogP) is 1.84. The second-order valence-electron chi connectivity index (χ2n) is 4.20. The van der Waals surface area contributed by atoms with Crippen LogP contribution in [-0.4, -0.2) is 25.1 Å². The van der Waals surface area contributed by atoms with Gasteiger partial charge in [-0.25, -0.2) is 4.39 Å². The molecular formula is C14H21FN2O2. The van der Waals surface area contributed by atoms with Gasteiger partial charge in [0.2, 0.25) is 0 Å². The van der Waals surface area contributed by atoms with Gasteiger partial charge in [-0.3, -0.25) is 4.79 Å². The van der Waals surface area contributed by atoms with E-state index in [9.17, 15) is 9.18 Å². The lowest BCUT2D eigenvalue weighted by Crippen LogP contribution is -2.36. The van der Waals surface area contributed by atoms with Crippen LogP contribution in [0.1, 0.15) is 26.3 Å². The summed E-state index contributed by atoms with van der Waals surface area (Å²) in [7, 11) is 0. The number of likely N-dealkylation sites (N-methyl/N-ethyl adjacent to an activating group) is 1. The molecule has 0 saturated carbocycles. The predicted molar refractivity (Wildman–Crippen MR) is 72.6 cm³/mol. The Kier molecular flexibility index (Phi) is 6.29. The van der Waals surface area contributed by atoms with Crippen LogP contribution in [0.4, 0.5) is 4.39 Å². The molecule has 2 N–H and O–H groups in total. The van der Waals surface area contributed by atoms with Crippen molar-refractivity contribution in [1.29, 1.82) is 0 Å². The third-order valence-electron chi connectivity index (χ3n) is 2.60. The summed E-state index contributed by atoms with van der Waals surface area (Å²) in [5.74, 6) is -0.607. The molecule has 0 aliphatic carbocycles. The molecule has 1 unspecified atom stereocenters. The first-order chi connectivity index (χ1) is 9.08. The van der Waals surface area contributed by atoms with Gasteiger partial charge in [-0.2, -0.15) is 0 Å². The van der Waals surface area contributed by atoms with Gasteiger partial charge in [-0.15, -0.1) is 0 Å². The van der Waals surface area contributed by atoms with Gasteiger partial charge in [0.05, 0.1) is 0 Å². The molecule has 0 aliphatic rings. The van der Waals surface area contributed by atoms with Gasteiger partial charge in [0, 0.05) is 13.1 Å². The van der Waals surface area contributed by atoms with E-state index < -0.39 is 11.9 Å². The Bertz CT molecular complexity index is 424. The van der Waals surface area contributed by atoms with Crippen molar-refractivity contribution in [1.82, 2.24) is 10.6 Å². The smallest absolute Gasteiger partial charge is 0.260 e. The summed E-state index contributed by atoms with van der Waals surface area (Å²) in [5.41, 5.74) is 0.845. The fraction of sp³-hybridized carbons (Fsp3) is 0.500. The summed E-state index contributed by atoms with van der Waals surface area (Å²) in [6.45, 7) is 7.36. The molecule has 106 valence electrons. The minimum Gasteiger partial charge on any atom is -0.478 e. The lowest BCUT2D eigenvalue weighted by atomic mass is 10.2. The largest absolute Gasteiger partial charge is 0.478 e. The molecule has 0 aliphatic heterocycles. The topological polar surface area (TPSA) is 50.4 Å². The molecule has 0 aromatic heterocycles. The first kappa shape index (κ1) is 15.4. The summed E-state index contributed by atoms with van der Waals surface area (Å²) >= 11 is 0. The molecular weight excluding hydrogens is 247 g/mol. The summed E-state index contributed by atoms with van der Waals surface area (Å²) in [5, 5.41) is 5.74. The molecule has 0 spiro atoms. The van der Waals surface area contributed by atoms with Crippen molar-refractivity contribution in [2.75, 3.05) is 13.1 Å². The molecule has 0 saturated heterocycles. The van der Waals surface area contributed by atoms with Gasteiger partial charge >= 0.3 is 0 Å². The van der Waals surface area contributed by atoms with Crippen molar-refractivity contribution in [3.63, 3.8) is 0 Å². The van der Waals surface area contributed by atoms with Crippen LogP contribution in [-0.2, 0) is 11.3 Å². The highest BCUT2D eigenvalue weighted by molar-refractivity contribution is 5.80. The van der Waals surface area contributed by atoms with E-state index in [0.717, 1.165) is 12.1 Å². The number of ether oxygens (including phenoxy) is 1. The van der Waals surface area contributed by atoms with Crippen molar-refractivity contribution in [3.05, 3.63) is 29.6 Å². The fourth-order valence-corrected chi connectivity index (χ4v) is 1.58. The summed E-state index contributed by atoms with van der Waals surface area (Å²) in [6.07, 6.45) is -0.714. The lowest BCUT2D eigenvalue weighted by Gasteiger charge is -2.15. The fourth-order valence-electron chi connectivity index (χ4n) is 1.58. The Morgan fingerprint density at radius 3 is 2.68 bits per heavy atom. The quantitative estimate of drug-likeness (QED) is 0.793. The summed E-state index contributed by atoms with van der Waals surface area (Å²) in [4.78, 5) is 11.5. The molecule has 1 aromatic carbocycles. The van der Waals surface area contributed by atoms with Gasteiger partial charge in [0.25, 0.3) is 5.91 Å². The molecule has 1 rings (SSSR count). The molecule has 1 amide bonds. The van der Waals surface area contributed by atoms with Crippen LogP contribution in [0.5, 0.6) is 5.75 Å². The van der Waals surface area contributed by atoms with Crippen molar-refractivity contribution in [2.45, 2.75) is 33.4 Å². The molecule has 0 bridgehead atoms. The Morgan fingerprint density at radius 2 is 2.11 bits per heavy atom. The average molecular weight is 268 g/mol. The van der Waals surface area contributed by atoms with E-state index in [-0.39, 0.29) is 11.7 Å². The molecule has 0 radical (unpaired) electrons. The van der Waals surface area contributed by atoms with Crippen LogP contribution in [0, 0.1) is 5.82 Å². The number of hydrogen-bond acceptors (Lipinski definition) is 3. The zero-order valence-corrected chi connectivity index (χ0v) is 11.6. The van der Waals surface area contributed by atoms with Gasteiger partial charge in [0.1, 0.15) is 0 Å². The van der Waals surface area contributed by atoms with Crippen molar-refractivity contribution in [3.8, 4) is 5.75 Å². The molecule has 1 aromatic rings. The minimum absolute atomic E-state index is 0.0963. The van der Waals surface area contributed by atoms with E-state index in [0.29, 0.717) is 13.1 Å². The van der Waals surface area contributed by atoms with E-state index in [1.807, 2.05) is 13.8 Å². The number of rotatable bonds is 7. The van der Waals surface area contributed by atoms with Gasteiger partial charge < -0.3 is 15.4 Å². The maximum absolute atomic E-state index is 13.8. The molecule has 5 heteroatoms. The lowest BCUT2D eigenvalue weighted by molar-refractivity contribution is -0.127. The normalized spacial score (nSPS) is 12.0. The molecule has 19 heavy (non-hydrogen) atoms. The third kappa shape index (κ3) is 4.87. The minimum atomic E-state index is -0.714. The number of nitrogens with one attached hydrogen (secondary N) is 2. The Hall–Kier alpha value is -1.62. The molecule has 4 nitrogen and oxygen atoms in total. The van der Waals surface area contributed by atoms with E-state index in [1.54, 1.807) is 19.1 Å². The highest BCUT2D eigenvalue weighted by atomic mass is 19.1. The van der Waals surface area contributed by atoms with Gasteiger partial charge in [-0.05, 0) is 38.1 Å². The number of halogens is 1. The van der Waals surface area contributed by atoms with Gasteiger partial charge in [-0.1, -0.05) is 13.0 Å². The zero-order valence-electron chi connectivity index (χ0n) is 11.6. The second kappa shape index (κ2) is 7.74.